The number of fused-ring (bicyclic) bond motifs is 3. The molecule has 0 aliphatic heterocycles. The van der Waals surface area contributed by atoms with E-state index < -0.39 is 11.9 Å². The number of urea groups is 1. The van der Waals surface area contributed by atoms with E-state index >= 15 is 0 Å². The molecule has 152 valence electrons. The molecule has 0 saturated carbocycles. The second-order valence-electron chi connectivity index (χ2n) is 6.96. The summed E-state index contributed by atoms with van der Waals surface area (Å²) in [5.74, 6) is 0.00456. The normalized spacial score (nSPS) is 13.0. The largest absolute Gasteiger partial charge is 0.351 e. The number of primary amides is 1. The quantitative estimate of drug-likeness (QED) is 0.367. The summed E-state index contributed by atoms with van der Waals surface area (Å²) in [5.41, 5.74) is 6.20. The molecule has 3 N–H and O–H groups in total. The van der Waals surface area contributed by atoms with Crippen molar-refractivity contribution in [2.24, 2.45) is 5.73 Å². The van der Waals surface area contributed by atoms with Gasteiger partial charge >= 0.3 is 6.03 Å². The van der Waals surface area contributed by atoms with Crippen LogP contribution in [0.5, 0.6) is 0 Å². The lowest BCUT2D eigenvalue weighted by Gasteiger charge is -2.12. The number of aryl methyl sites for hydroxylation is 2. The molecule has 0 bridgehead atoms. The highest BCUT2D eigenvalue weighted by Gasteiger charge is 2.23. The Hall–Kier alpha value is -1.87. The van der Waals surface area contributed by atoms with Crippen molar-refractivity contribution in [3.63, 3.8) is 0 Å². The highest BCUT2D eigenvalue weighted by atomic mass is 32.2. The third-order valence-electron chi connectivity index (χ3n) is 4.85. The van der Waals surface area contributed by atoms with Crippen LogP contribution in [0.15, 0.2) is 9.95 Å². The van der Waals surface area contributed by atoms with E-state index in [4.69, 9.17) is 10.7 Å². The Kier molecular flexibility index (Phi) is 7.12. The molecule has 9 heteroatoms. The monoisotopic (exact) mass is 422 g/mol. The highest BCUT2D eigenvalue weighted by molar-refractivity contribution is 7.99. The van der Waals surface area contributed by atoms with Crippen molar-refractivity contribution >= 4 is 45.3 Å². The number of thiophene rings is 1. The number of aromatic nitrogens is 2. The van der Waals surface area contributed by atoms with Gasteiger partial charge in [-0.05, 0) is 31.2 Å². The SMILES string of the molecule is CCCCCCn1c(SCCC(=O)NC(N)=O)nc2sc3c(c2c1=O)CCC3. The first-order valence-corrected chi connectivity index (χ1v) is 11.6. The number of thioether (sulfide) groups is 1. The summed E-state index contributed by atoms with van der Waals surface area (Å²) in [7, 11) is 0. The maximum absolute atomic E-state index is 13.3. The fourth-order valence-electron chi connectivity index (χ4n) is 3.50. The molecule has 3 amide bonds. The zero-order valence-corrected chi connectivity index (χ0v) is 17.7. The van der Waals surface area contributed by atoms with Crippen molar-refractivity contribution in [1.29, 1.82) is 0 Å². The van der Waals surface area contributed by atoms with Gasteiger partial charge in [0.15, 0.2) is 5.16 Å². The number of hydrogen-bond donors (Lipinski definition) is 2. The summed E-state index contributed by atoms with van der Waals surface area (Å²) in [5, 5.41) is 3.51. The summed E-state index contributed by atoms with van der Waals surface area (Å²) in [6, 6.07) is -0.851. The molecule has 2 aromatic heterocycles. The topological polar surface area (TPSA) is 107 Å². The number of carbonyl (C=O) groups is 2. The smallest absolute Gasteiger partial charge is 0.318 e. The molecule has 3 rings (SSSR count). The van der Waals surface area contributed by atoms with Gasteiger partial charge in [-0.15, -0.1) is 11.3 Å². The van der Waals surface area contributed by atoms with Crippen LogP contribution in [-0.2, 0) is 24.2 Å². The fourth-order valence-corrected chi connectivity index (χ4v) is 5.76. The van der Waals surface area contributed by atoms with E-state index in [0.29, 0.717) is 17.5 Å². The molecule has 0 atom stereocenters. The lowest BCUT2D eigenvalue weighted by molar-refractivity contribution is -0.119. The zero-order chi connectivity index (χ0) is 20.1. The van der Waals surface area contributed by atoms with E-state index in [1.807, 2.05) is 0 Å². The van der Waals surface area contributed by atoms with Gasteiger partial charge in [0, 0.05) is 23.6 Å². The van der Waals surface area contributed by atoms with Gasteiger partial charge in [-0.25, -0.2) is 9.78 Å². The summed E-state index contributed by atoms with van der Waals surface area (Å²) in [6.45, 7) is 2.80. The Bertz CT molecular complexity index is 935. The maximum Gasteiger partial charge on any atom is 0.318 e. The molecular formula is C19H26N4O3S2. The first kappa shape index (κ1) is 20.9. The van der Waals surface area contributed by atoms with Crippen molar-refractivity contribution in [2.45, 2.75) is 70.0 Å². The molecule has 0 aromatic carbocycles. The third kappa shape index (κ3) is 4.75. The Labute approximate surface area is 172 Å². The van der Waals surface area contributed by atoms with E-state index in [1.165, 1.54) is 22.2 Å². The van der Waals surface area contributed by atoms with Crippen molar-refractivity contribution < 1.29 is 9.59 Å². The van der Waals surface area contributed by atoms with Crippen molar-refractivity contribution in [2.75, 3.05) is 5.75 Å². The second kappa shape index (κ2) is 9.56. The molecule has 7 nitrogen and oxygen atoms in total. The van der Waals surface area contributed by atoms with Crippen LogP contribution in [0.4, 0.5) is 4.79 Å². The van der Waals surface area contributed by atoms with Crippen molar-refractivity contribution in [3.05, 3.63) is 20.8 Å². The summed E-state index contributed by atoms with van der Waals surface area (Å²) in [6.07, 6.45) is 7.53. The number of unbranched alkanes of at least 4 members (excludes halogenated alkanes) is 3. The fraction of sp³-hybridized carbons (Fsp3) is 0.579. The first-order chi connectivity index (χ1) is 13.5. The van der Waals surface area contributed by atoms with Crippen LogP contribution in [0.1, 0.15) is 55.9 Å². The number of carbonyl (C=O) groups excluding carboxylic acids is 2. The van der Waals surface area contributed by atoms with Crippen LogP contribution in [0.2, 0.25) is 0 Å². The van der Waals surface area contributed by atoms with Crippen LogP contribution >= 0.6 is 23.1 Å². The first-order valence-electron chi connectivity index (χ1n) is 9.78. The van der Waals surface area contributed by atoms with E-state index in [2.05, 4.69) is 12.2 Å². The Morgan fingerprint density at radius 3 is 2.86 bits per heavy atom. The van der Waals surface area contributed by atoms with E-state index in [-0.39, 0.29) is 12.0 Å². The minimum absolute atomic E-state index is 0.0463. The zero-order valence-electron chi connectivity index (χ0n) is 16.1. The molecule has 28 heavy (non-hydrogen) atoms. The van der Waals surface area contributed by atoms with Crippen LogP contribution < -0.4 is 16.6 Å². The van der Waals surface area contributed by atoms with Gasteiger partial charge in [0.25, 0.3) is 5.56 Å². The van der Waals surface area contributed by atoms with Crippen molar-refractivity contribution in [3.8, 4) is 0 Å². The number of hydrogen-bond acceptors (Lipinski definition) is 6. The van der Waals surface area contributed by atoms with Gasteiger partial charge in [-0.1, -0.05) is 37.9 Å². The van der Waals surface area contributed by atoms with Crippen LogP contribution in [0.25, 0.3) is 10.2 Å². The van der Waals surface area contributed by atoms with Gasteiger partial charge < -0.3 is 5.73 Å². The van der Waals surface area contributed by atoms with Crippen LogP contribution in [0.3, 0.4) is 0 Å². The predicted octanol–water partition coefficient (Wildman–Crippen LogP) is 3.20. The molecule has 2 aromatic rings. The third-order valence-corrected chi connectivity index (χ3v) is 7.01. The van der Waals surface area contributed by atoms with Gasteiger partial charge in [0.1, 0.15) is 4.83 Å². The van der Waals surface area contributed by atoms with Crippen LogP contribution in [0, 0.1) is 0 Å². The van der Waals surface area contributed by atoms with E-state index in [1.54, 1.807) is 15.9 Å². The molecule has 0 radical (unpaired) electrons. The second-order valence-corrected chi connectivity index (χ2v) is 9.11. The van der Waals surface area contributed by atoms with Crippen molar-refractivity contribution in [1.82, 2.24) is 14.9 Å². The molecule has 0 saturated heterocycles. The summed E-state index contributed by atoms with van der Waals surface area (Å²) in [4.78, 5) is 42.5. The summed E-state index contributed by atoms with van der Waals surface area (Å²) < 4.78 is 1.78. The average molecular weight is 423 g/mol. The minimum Gasteiger partial charge on any atom is -0.351 e. The number of rotatable bonds is 9. The molecule has 0 unspecified atom stereocenters. The highest BCUT2D eigenvalue weighted by Crippen LogP contribution is 2.35. The Morgan fingerprint density at radius 2 is 2.11 bits per heavy atom. The number of imide groups is 1. The van der Waals surface area contributed by atoms with Crippen LogP contribution in [-0.4, -0.2) is 27.2 Å². The lowest BCUT2D eigenvalue weighted by Crippen LogP contribution is -2.35. The van der Waals surface area contributed by atoms with E-state index in [9.17, 15) is 14.4 Å². The number of nitrogens with one attached hydrogen (secondary N) is 1. The van der Waals surface area contributed by atoms with Gasteiger partial charge in [-0.2, -0.15) is 0 Å². The predicted molar refractivity (Wildman–Crippen MR) is 113 cm³/mol. The lowest BCUT2D eigenvalue weighted by atomic mass is 10.2. The standard InChI is InChI=1S/C19H26N4O3S2/c1-2-3-4-5-10-23-17(25)15-12-7-6-8-13(12)28-16(15)22-19(23)27-11-9-14(24)21-18(20)26/h2-11H2,1H3,(H3,20,21,24,26). The molecule has 0 spiro atoms. The number of amides is 3. The average Bonchev–Trinajstić information content (AvgIpc) is 3.20. The summed E-state index contributed by atoms with van der Waals surface area (Å²) >= 11 is 3.01. The molecular weight excluding hydrogens is 396 g/mol. The number of nitrogens with two attached hydrogens (primary N) is 1. The van der Waals surface area contributed by atoms with E-state index in [0.717, 1.165) is 55.2 Å². The number of nitrogens with zero attached hydrogens (tertiary/aromatic N) is 2. The molecule has 1 aliphatic carbocycles. The van der Waals surface area contributed by atoms with Gasteiger partial charge in [-0.3, -0.25) is 19.5 Å². The minimum atomic E-state index is -0.851. The molecule has 1 aliphatic rings. The Morgan fingerprint density at radius 1 is 1.29 bits per heavy atom. The van der Waals surface area contributed by atoms with Gasteiger partial charge in [0.05, 0.1) is 5.39 Å². The molecule has 2 heterocycles. The maximum atomic E-state index is 13.3. The molecule has 0 fully saturated rings. The van der Waals surface area contributed by atoms with Gasteiger partial charge in [0.2, 0.25) is 5.91 Å². The Balaban J connectivity index is 1.83.